The smallest absolute Gasteiger partial charge is 0.155 e. The lowest BCUT2D eigenvalue weighted by molar-refractivity contribution is -0.129. The Morgan fingerprint density at radius 3 is 2.68 bits per heavy atom. The fraction of sp³-hybridized carbons (Fsp3) is 0.700. The third kappa shape index (κ3) is 1.63. The van der Waals surface area contributed by atoms with E-state index in [1.54, 1.807) is 0 Å². The summed E-state index contributed by atoms with van der Waals surface area (Å²) in [5.41, 5.74) is 1.09. The number of ketones is 2. The Labute approximate surface area is 132 Å². The van der Waals surface area contributed by atoms with E-state index in [9.17, 15) is 9.59 Å². The number of fused-ring (bicyclic) bond motifs is 5. The molecule has 0 aliphatic heterocycles. The Hall–Kier alpha value is -1.36. The van der Waals surface area contributed by atoms with E-state index < -0.39 is 5.41 Å². The number of terminal acetylenes is 1. The van der Waals surface area contributed by atoms with Crippen LogP contribution in [0.4, 0.5) is 0 Å². The number of Topliss-reactive ketones (excluding diaryl/α,β-unsaturated/α-hetero) is 1. The molecule has 116 valence electrons. The molecular weight excluding hydrogens is 272 g/mol. The summed E-state index contributed by atoms with van der Waals surface area (Å²) in [5, 5.41) is 0. The fourth-order valence-electron chi connectivity index (χ4n) is 6.28. The van der Waals surface area contributed by atoms with Crippen LogP contribution in [0.5, 0.6) is 0 Å². The highest BCUT2D eigenvalue weighted by Gasteiger charge is 2.60. The summed E-state index contributed by atoms with van der Waals surface area (Å²) < 4.78 is 0. The molecule has 0 spiro atoms. The van der Waals surface area contributed by atoms with Crippen molar-refractivity contribution in [2.24, 2.45) is 28.6 Å². The second-order valence-electron chi connectivity index (χ2n) is 8.09. The van der Waals surface area contributed by atoms with Crippen LogP contribution >= 0.6 is 0 Å². The lowest BCUT2D eigenvalue weighted by Crippen LogP contribution is -2.51. The summed E-state index contributed by atoms with van der Waals surface area (Å²) in [6.45, 7) is 2.36. The van der Waals surface area contributed by atoms with Crippen LogP contribution in [-0.4, -0.2) is 11.6 Å². The molecule has 0 amide bonds. The van der Waals surface area contributed by atoms with Gasteiger partial charge in [0.15, 0.2) is 11.6 Å². The van der Waals surface area contributed by atoms with E-state index in [2.05, 4.69) is 12.8 Å². The molecule has 0 saturated heterocycles. The van der Waals surface area contributed by atoms with Crippen LogP contribution in [0.25, 0.3) is 0 Å². The molecule has 0 unspecified atom stereocenters. The molecule has 4 rings (SSSR count). The molecule has 4 aliphatic rings. The van der Waals surface area contributed by atoms with Gasteiger partial charge in [0, 0.05) is 12.8 Å². The summed E-state index contributed by atoms with van der Waals surface area (Å²) in [6, 6.07) is 0. The van der Waals surface area contributed by atoms with Gasteiger partial charge in [-0.15, -0.1) is 6.42 Å². The van der Waals surface area contributed by atoms with Crippen LogP contribution in [0.15, 0.2) is 11.6 Å². The topological polar surface area (TPSA) is 34.1 Å². The molecular formula is C20H24O2. The largest absolute Gasteiger partial charge is 0.298 e. The van der Waals surface area contributed by atoms with Crippen LogP contribution in [0.1, 0.15) is 58.3 Å². The van der Waals surface area contributed by atoms with Gasteiger partial charge in [-0.1, -0.05) is 18.4 Å². The van der Waals surface area contributed by atoms with Crippen LogP contribution in [0.3, 0.4) is 0 Å². The Morgan fingerprint density at radius 1 is 1.09 bits per heavy atom. The van der Waals surface area contributed by atoms with Gasteiger partial charge in [0.1, 0.15) is 0 Å². The molecule has 0 bridgehead atoms. The molecule has 3 saturated carbocycles. The molecule has 0 aromatic carbocycles. The van der Waals surface area contributed by atoms with Crippen molar-refractivity contribution in [2.45, 2.75) is 58.3 Å². The van der Waals surface area contributed by atoms with Crippen molar-refractivity contribution in [1.82, 2.24) is 0 Å². The van der Waals surface area contributed by atoms with Crippen molar-refractivity contribution in [3.8, 4) is 12.3 Å². The third-order valence-electron chi connectivity index (χ3n) is 7.48. The summed E-state index contributed by atoms with van der Waals surface area (Å²) in [5.74, 6) is 5.13. The van der Waals surface area contributed by atoms with Gasteiger partial charge >= 0.3 is 0 Å². The fourth-order valence-corrected chi connectivity index (χ4v) is 6.28. The quantitative estimate of drug-likeness (QED) is 0.639. The summed E-state index contributed by atoms with van der Waals surface area (Å²) >= 11 is 0. The normalized spacial score (nSPS) is 47.1. The summed E-state index contributed by atoms with van der Waals surface area (Å²) in [7, 11) is 0. The van der Waals surface area contributed by atoms with Crippen molar-refractivity contribution >= 4 is 11.6 Å². The Morgan fingerprint density at radius 2 is 1.91 bits per heavy atom. The number of hydrogen-bond donors (Lipinski definition) is 0. The van der Waals surface area contributed by atoms with E-state index in [0.717, 1.165) is 38.5 Å². The van der Waals surface area contributed by atoms with Gasteiger partial charge in [0.05, 0.1) is 5.41 Å². The van der Waals surface area contributed by atoms with Gasteiger partial charge in [-0.2, -0.15) is 0 Å². The first-order chi connectivity index (χ1) is 10.5. The predicted molar refractivity (Wildman–Crippen MR) is 84.9 cm³/mol. The maximum atomic E-state index is 12.4. The summed E-state index contributed by atoms with van der Waals surface area (Å²) in [4.78, 5) is 24.2. The zero-order valence-electron chi connectivity index (χ0n) is 13.4. The molecule has 0 aromatic heterocycles. The first-order valence-corrected chi connectivity index (χ1v) is 8.76. The van der Waals surface area contributed by atoms with Crippen molar-refractivity contribution < 1.29 is 9.59 Å². The van der Waals surface area contributed by atoms with Crippen LogP contribution < -0.4 is 0 Å². The number of carbonyl (C=O) groups excluding carboxylic acids is 2. The highest BCUT2D eigenvalue weighted by Crippen LogP contribution is 2.64. The first-order valence-electron chi connectivity index (χ1n) is 8.76. The molecule has 0 heterocycles. The Kier molecular flexibility index (Phi) is 2.96. The van der Waals surface area contributed by atoms with Crippen molar-refractivity contribution in [3.63, 3.8) is 0 Å². The number of hydrogen-bond acceptors (Lipinski definition) is 2. The van der Waals surface area contributed by atoms with Gasteiger partial charge in [-0.25, -0.2) is 0 Å². The van der Waals surface area contributed by atoms with Crippen molar-refractivity contribution in [3.05, 3.63) is 11.6 Å². The molecule has 0 aromatic rings. The Bertz CT molecular complexity index is 622. The second-order valence-corrected chi connectivity index (χ2v) is 8.09. The zero-order chi connectivity index (χ0) is 15.5. The van der Waals surface area contributed by atoms with E-state index in [1.165, 1.54) is 5.57 Å². The van der Waals surface area contributed by atoms with E-state index >= 15 is 0 Å². The third-order valence-corrected chi connectivity index (χ3v) is 7.48. The maximum Gasteiger partial charge on any atom is 0.155 e. The minimum Gasteiger partial charge on any atom is -0.298 e. The minimum atomic E-state index is -0.455. The van der Waals surface area contributed by atoms with Crippen molar-refractivity contribution in [1.29, 1.82) is 0 Å². The Balaban J connectivity index is 1.72. The monoisotopic (exact) mass is 296 g/mol. The maximum absolute atomic E-state index is 12.4. The van der Waals surface area contributed by atoms with Crippen LogP contribution in [0, 0.1) is 40.9 Å². The molecule has 2 nitrogen and oxygen atoms in total. The van der Waals surface area contributed by atoms with Crippen molar-refractivity contribution in [2.75, 3.05) is 0 Å². The lowest BCUT2D eigenvalue weighted by atomic mass is 9.47. The minimum absolute atomic E-state index is 0.170. The molecule has 3 fully saturated rings. The van der Waals surface area contributed by atoms with Gasteiger partial charge in [0.25, 0.3) is 0 Å². The lowest BCUT2D eigenvalue weighted by Gasteiger charge is -2.56. The second kappa shape index (κ2) is 4.57. The average molecular weight is 296 g/mol. The highest BCUT2D eigenvalue weighted by molar-refractivity contribution is 5.92. The molecule has 5 atom stereocenters. The molecule has 0 radical (unpaired) electrons. The standard InChI is InChI=1S/C20H24O2/c1-3-20-11-9-16-15(17(20)6-7-18(20)22)5-4-13-12-14(21)8-10-19(13,16)2/h1,12,15-17H,4-11H2,2H3/t15-,16+,17+,19+,20+/m1/s1. The zero-order valence-corrected chi connectivity index (χ0v) is 13.4. The van der Waals surface area contributed by atoms with Crippen LogP contribution in [0.2, 0.25) is 0 Å². The van der Waals surface area contributed by atoms with Gasteiger partial charge < -0.3 is 0 Å². The highest BCUT2D eigenvalue weighted by atomic mass is 16.1. The van der Waals surface area contributed by atoms with E-state index in [0.29, 0.717) is 42.2 Å². The number of rotatable bonds is 0. The SMILES string of the molecule is C#C[C@]12CC[C@H]3[C@@H](CCC4=CC(=O)CC[C@@]43C)[C@@H]1CCC2=O. The van der Waals surface area contributed by atoms with Gasteiger partial charge in [0.2, 0.25) is 0 Å². The summed E-state index contributed by atoms with van der Waals surface area (Å²) in [6.07, 6.45) is 15.2. The van der Waals surface area contributed by atoms with E-state index in [1.807, 2.05) is 6.08 Å². The molecule has 4 aliphatic carbocycles. The number of carbonyl (C=O) groups is 2. The molecule has 2 heteroatoms. The van der Waals surface area contributed by atoms with Gasteiger partial charge in [-0.05, 0) is 67.8 Å². The average Bonchev–Trinajstić information content (AvgIpc) is 2.86. The predicted octanol–water partition coefficient (Wildman–Crippen LogP) is 3.70. The molecule has 22 heavy (non-hydrogen) atoms. The van der Waals surface area contributed by atoms with E-state index in [-0.39, 0.29) is 5.41 Å². The first kappa shape index (κ1) is 14.2. The van der Waals surface area contributed by atoms with E-state index in [4.69, 9.17) is 6.42 Å². The van der Waals surface area contributed by atoms with Crippen LogP contribution in [-0.2, 0) is 9.59 Å². The van der Waals surface area contributed by atoms with Gasteiger partial charge in [-0.3, -0.25) is 9.59 Å². The number of allylic oxidation sites excluding steroid dienone is 1. The molecule has 0 N–H and O–H groups in total.